The van der Waals surface area contributed by atoms with Gasteiger partial charge in [0.1, 0.15) is 0 Å². The number of anilines is 1. The Labute approximate surface area is 180 Å². The van der Waals surface area contributed by atoms with E-state index in [-0.39, 0.29) is 12.3 Å². The van der Waals surface area contributed by atoms with Crippen molar-refractivity contribution in [3.05, 3.63) is 75.0 Å². The molecule has 3 aromatic rings. The molecule has 5 nitrogen and oxygen atoms in total. The molecule has 1 amide bonds. The summed E-state index contributed by atoms with van der Waals surface area (Å²) < 4.78 is 7.17. The molecule has 29 heavy (non-hydrogen) atoms. The van der Waals surface area contributed by atoms with Crippen LogP contribution in [0.4, 0.5) is 5.69 Å². The monoisotopic (exact) mass is 431 g/mol. The molecule has 0 radical (unpaired) electrons. The zero-order chi connectivity index (χ0) is 21.0. The van der Waals surface area contributed by atoms with Crippen LogP contribution in [0, 0.1) is 13.8 Å². The van der Waals surface area contributed by atoms with Gasteiger partial charge in [-0.25, -0.2) is 4.68 Å². The van der Waals surface area contributed by atoms with Gasteiger partial charge in [-0.3, -0.25) is 4.79 Å². The summed E-state index contributed by atoms with van der Waals surface area (Å²) in [6.45, 7) is 6.94. The molecule has 1 heterocycles. The third-order valence-electron chi connectivity index (χ3n) is 4.60. The summed E-state index contributed by atoms with van der Waals surface area (Å²) >= 11 is 12.3. The Morgan fingerprint density at radius 1 is 1.17 bits per heavy atom. The zero-order valence-electron chi connectivity index (χ0n) is 16.6. The number of carbonyl (C=O) groups is 1. The summed E-state index contributed by atoms with van der Waals surface area (Å²) in [5, 5.41) is 8.59. The maximum atomic E-state index is 12.6. The number of benzene rings is 2. The van der Waals surface area contributed by atoms with Crippen LogP contribution >= 0.6 is 23.2 Å². The number of carbonyl (C=O) groups excluding carboxylic acids is 1. The Morgan fingerprint density at radius 3 is 2.69 bits per heavy atom. The van der Waals surface area contributed by atoms with Gasteiger partial charge >= 0.3 is 0 Å². The van der Waals surface area contributed by atoms with E-state index >= 15 is 0 Å². The zero-order valence-corrected chi connectivity index (χ0v) is 18.1. The number of ether oxygens (including phenoxy) is 1. The van der Waals surface area contributed by atoms with Crippen LogP contribution in [0.2, 0.25) is 10.0 Å². The number of rotatable bonds is 7. The summed E-state index contributed by atoms with van der Waals surface area (Å²) in [5.41, 5.74) is 5.02. The molecular weight excluding hydrogens is 409 g/mol. The van der Waals surface area contributed by atoms with E-state index in [0.717, 1.165) is 33.9 Å². The molecule has 0 aliphatic carbocycles. The molecule has 7 heteroatoms. The Hall–Kier alpha value is -2.34. The van der Waals surface area contributed by atoms with E-state index in [1.165, 1.54) is 0 Å². The van der Waals surface area contributed by atoms with Crippen molar-refractivity contribution in [2.75, 3.05) is 11.9 Å². The number of halogens is 2. The Balaban J connectivity index is 1.77. The fraction of sp³-hybridized carbons (Fsp3) is 0.273. The molecule has 0 spiro atoms. The lowest BCUT2D eigenvalue weighted by Crippen LogP contribution is -2.15. The van der Waals surface area contributed by atoms with Crippen LogP contribution in [0.3, 0.4) is 0 Å². The van der Waals surface area contributed by atoms with Crippen molar-refractivity contribution in [1.82, 2.24) is 9.78 Å². The van der Waals surface area contributed by atoms with E-state index < -0.39 is 0 Å². The average molecular weight is 432 g/mol. The van der Waals surface area contributed by atoms with Crippen LogP contribution in [-0.2, 0) is 22.6 Å². The molecule has 1 aromatic heterocycles. The summed E-state index contributed by atoms with van der Waals surface area (Å²) in [5.74, 6) is -0.105. The van der Waals surface area contributed by atoms with Gasteiger partial charge < -0.3 is 10.1 Å². The van der Waals surface area contributed by atoms with Gasteiger partial charge in [0.15, 0.2) is 0 Å². The Morgan fingerprint density at radius 2 is 1.97 bits per heavy atom. The number of nitrogens with one attached hydrogen (secondary N) is 1. The molecular formula is C22H23Cl2N3O2. The lowest BCUT2D eigenvalue weighted by Gasteiger charge is -2.09. The summed E-state index contributed by atoms with van der Waals surface area (Å²) in [4.78, 5) is 12.6. The van der Waals surface area contributed by atoms with Crippen LogP contribution in [0.1, 0.15) is 29.4 Å². The van der Waals surface area contributed by atoms with Crippen molar-refractivity contribution in [3.8, 4) is 5.69 Å². The maximum Gasteiger partial charge on any atom is 0.228 e. The van der Waals surface area contributed by atoms with Gasteiger partial charge in [0, 0.05) is 28.6 Å². The number of hydrogen-bond acceptors (Lipinski definition) is 3. The highest BCUT2D eigenvalue weighted by molar-refractivity contribution is 6.35. The number of aromatic nitrogens is 2. The van der Waals surface area contributed by atoms with Crippen LogP contribution in [0.5, 0.6) is 0 Å². The second-order valence-electron chi connectivity index (χ2n) is 6.72. The number of aryl methyl sites for hydroxylation is 1. The molecule has 0 bridgehead atoms. The number of amides is 1. The maximum absolute atomic E-state index is 12.6. The molecule has 3 rings (SSSR count). The first-order chi connectivity index (χ1) is 13.9. The molecule has 152 valence electrons. The first-order valence-corrected chi connectivity index (χ1v) is 10.1. The predicted octanol–water partition coefficient (Wildman–Crippen LogP) is 5.51. The molecule has 0 aliphatic heterocycles. The molecule has 0 saturated carbocycles. The lowest BCUT2D eigenvalue weighted by atomic mass is 10.1. The van der Waals surface area contributed by atoms with Crippen LogP contribution in [-0.4, -0.2) is 22.3 Å². The van der Waals surface area contributed by atoms with Crippen molar-refractivity contribution in [2.24, 2.45) is 0 Å². The summed E-state index contributed by atoms with van der Waals surface area (Å²) in [6.07, 6.45) is 0.221. The van der Waals surface area contributed by atoms with Gasteiger partial charge in [-0.2, -0.15) is 5.10 Å². The van der Waals surface area contributed by atoms with Gasteiger partial charge in [0.2, 0.25) is 5.91 Å². The van der Waals surface area contributed by atoms with E-state index in [1.54, 1.807) is 16.8 Å². The van der Waals surface area contributed by atoms with Crippen LogP contribution in [0.25, 0.3) is 5.69 Å². The number of hydrogen-bond donors (Lipinski definition) is 1. The van der Waals surface area contributed by atoms with Crippen LogP contribution < -0.4 is 5.32 Å². The quantitative estimate of drug-likeness (QED) is 0.535. The third kappa shape index (κ3) is 5.18. The van der Waals surface area contributed by atoms with E-state index in [4.69, 9.17) is 27.9 Å². The highest BCUT2D eigenvalue weighted by atomic mass is 35.5. The van der Waals surface area contributed by atoms with Gasteiger partial charge in [0.25, 0.3) is 0 Å². The van der Waals surface area contributed by atoms with Crippen molar-refractivity contribution >= 4 is 34.8 Å². The molecule has 0 aliphatic rings. The van der Waals surface area contributed by atoms with Crippen molar-refractivity contribution in [1.29, 1.82) is 0 Å². The second kappa shape index (κ2) is 9.44. The van der Waals surface area contributed by atoms with Gasteiger partial charge in [-0.15, -0.1) is 0 Å². The van der Waals surface area contributed by atoms with Crippen molar-refractivity contribution in [3.63, 3.8) is 0 Å². The molecule has 0 fully saturated rings. The van der Waals surface area contributed by atoms with E-state index in [2.05, 4.69) is 10.4 Å². The minimum absolute atomic E-state index is 0.105. The predicted molar refractivity (Wildman–Crippen MR) is 117 cm³/mol. The fourth-order valence-electron chi connectivity index (χ4n) is 3.14. The first kappa shape index (κ1) is 21.4. The molecule has 0 atom stereocenters. The highest BCUT2D eigenvalue weighted by Crippen LogP contribution is 2.27. The first-order valence-electron chi connectivity index (χ1n) is 9.36. The minimum atomic E-state index is -0.105. The molecule has 1 N–H and O–H groups in total. The average Bonchev–Trinajstić information content (AvgIpc) is 2.94. The summed E-state index contributed by atoms with van der Waals surface area (Å²) in [7, 11) is 0. The van der Waals surface area contributed by atoms with Gasteiger partial charge in [0.05, 0.1) is 29.4 Å². The molecule has 2 aromatic carbocycles. The topological polar surface area (TPSA) is 56.1 Å². The SMILES string of the molecule is CCOCc1cccc(NC(=O)Cc2c(C)nn(-c3ccc(Cl)cc3Cl)c2C)c1. The Kier molecular flexibility index (Phi) is 6.96. The van der Waals surface area contributed by atoms with E-state index in [1.807, 2.05) is 51.1 Å². The van der Waals surface area contributed by atoms with E-state index in [0.29, 0.717) is 23.3 Å². The highest BCUT2D eigenvalue weighted by Gasteiger charge is 2.17. The normalized spacial score (nSPS) is 10.9. The Bertz CT molecular complexity index is 1030. The fourth-order valence-corrected chi connectivity index (χ4v) is 3.63. The minimum Gasteiger partial charge on any atom is -0.377 e. The molecule has 0 saturated heterocycles. The van der Waals surface area contributed by atoms with Gasteiger partial charge in [-0.1, -0.05) is 35.3 Å². The second-order valence-corrected chi connectivity index (χ2v) is 7.56. The van der Waals surface area contributed by atoms with Crippen molar-refractivity contribution < 1.29 is 9.53 Å². The van der Waals surface area contributed by atoms with Crippen LogP contribution in [0.15, 0.2) is 42.5 Å². The van der Waals surface area contributed by atoms with Gasteiger partial charge in [-0.05, 0) is 56.7 Å². The summed E-state index contributed by atoms with van der Waals surface area (Å²) in [6, 6.07) is 12.9. The lowest BCUT2D eigenvalue weighted by molar-refractivity contribution is -0.115. The van der Waals surface area contributed by atoms with Crippen molar-refractivity contribution in [2.45, 2.75) is 33.8 Å². The van der Waals surface area contributed by atoms with E-state index in [9.17, 15) is 4.79 Å². The third-order valence-corrected chi connectivity index (χ3v) is 5.14. The largest absolute Gasteiger partial charge is 0.377 e. The number of nitrogens with zero attached hydrogens (tertiary/aromatic N) is 2. The standard InChI is InChI=1S/C22H23Cl2N3O2/c1-4-29-13-16-6-5-7-18(10-16)25-22(28)12-19-14(2)26-27(15(19)3)21-9-8-17(23)11-20(21)24/h5-11H,4,12-13H2,1-3H3,(H,25,28). The smallest absolute Gasteiger partial charge is 0.228 e. The molecule has 0 unspecified atom stereocenters.